The third kappa shape index (κ3) is 2.43. The first-order valence-electron chi connectivity index (χ1n) is 5.07. The summed E-state index contributed by atoms with van der Waals surface area (Å²) in [6.45, 7) is 0.526. The van der Waals surface area contributed by atoms with E-state index < -0.39 is 12.0 Å². The number of phenols is 1. The maximum Gasteiger partial charge on any atom is 0.320 e. The van der Waals surface area contributed by atoms with E-state index in [1.165, 1.54) is 12.1 Å². The standard InChI is InChI=1S/C11H13NO4/c13-7-1-3-8(4-2-7)16-9-5-10(11(14)15)12-6-9/h1-4,9-10,12-13H,5-6H2,(H,14,15). The van der Waals surface area contributed by atoms with Gasteiger partial charge in [-0.15, -0.1) is 0 Å². The Kier molecular flexibility index (Phi) is 2.96. The predicted octanol–water partition coefficient (Wildman–Crippen LogP) is 0.586. The van der Waals surface area contributed by atoms with E-state index in [1.807, 2.05) is 0 Å². The van der Waals surface area contributed by atoms with Gasteiger partial charge in [-0.1, -0.05) is 0 Å². The SMILES string of the molecule is O=C(O)C1CC(Oc2ccc(O)cc2)CN1. The number of phenolic OH excluding ortho intramolecular Hbond substituents is 1. The van der Waals surface area contributed by atoms with Gasteiger partial charge >= 0.3 is 5.97 Å². The van der Waals surface area contributed by atoms with Crippen molar-refractivity contribution in [1.82, 2.24) is 5.32 Å². The molecule has 0 spiro atoms. The molecule has 1 saturated heterocycles. The first-order chi connectivity index (χ1) is 7.65. The molecule has 1 aliphatic rings. The van der Waals surface area contributed by atoms with Crippen LogP contribution in [0, 0.1) is 0 Å². The molecule has 5 nitrogen and oxygen atoms in total. The summed E-state index contributed by atoms with van der Waals surface area (Å²) in [6, 6.07) is 5.85. The zero-order valence-corrected chi connectivity index (χ0v) is 8.59. The molecule has 3 N–H and O–H groups in total. The van der Waals surface area contributed by atoms with Crippen LogP contribution in [-0.2, 0) is 4.79 Å². The van der Waals surface area contributed by atoms with E-state index in [-0.39, 0.29) is 11.9 Å². The van der Waals surface area contributed by atoms with Crippen LogP contribution < -0.4 is 10.1 Å². The normalized spacial score (nSPS) is 24.2. The molecule has 1 heterocycles. The number of nitrogens with one attached hydrogen (secondary N) is 1. The van der Waals surface area contributed by atoms with Gasteiger partial charge in [0.25, 0.3) is 0 Å². The summed E-state index contributed by atoms with van der Waals surface area (Å²) in [5.74, 6) is -0.0345. The van der Waals surface area contributed by atoms with Crippen molar-refractivity contribution in [3.8, 4) is 11.5 Å². The fourth-order valence-corrected chi connectivity index (χ4v) is 1.70. The van der Waals surface area contributed by atoms with Crippen LogP contribution in [0.3, 0.4) is 0 Å². The molecule has 1 aliphatic heterocycles. The molecule has 1 fully saturated rings. The number of ether oxygens (including phenoxy) is 1. The van der Waals surface area contributed by atoms with Crippen molar-refractivity contribution in [2.75, 3.05) is 6.54 Å². The van der Waals surface area contributed by atoms with Gasteiger partial charge < -0.3 is 20.3 Å². The van der Waals surface area contributed by atoms with Crippen LogP contribution in [0.25, 0.3) is 0 Å². The Morgan fingerprint density at radius 1 is 1.38 bits per heavy atom. The van der Waals surface area contributed by atoms with Crippen LogP contribution in [0.5, 0.6) is 11.5 Å². The fourth-order valence-electron chi connectivity index (χ4n) is 1.70. The lowest BCUT2D eigenvalue weighted by Gasteiger charge is -2.12. The van der Waals surface area contributed by atoms with Crippen molar-refractivity contribution in [1.29, 1.82) is 0 Å². The number of hydrogen-bond acceptors (Lipinski definition) is 4. The summed E-state index contributed by atoms with van der Waals surface area (Å²) in [4.78, 5) is 10.7. The van der Waals surface area contributed by atoms with Gasteiger partial charge in [0.2, 0.25) is 0 Å². The monoisotopic (exact) mass is 223 g/mol. The largest absolute Gasteiger partial charge is 0.508 e. The van der Waals surface area contributed by atoms with Crippen LogP contribution in [0.15, 0.2) is 24.3 Å². The molecule has 0 amide bonds. The minimum absolute atomic E-state index is 0.134. The quantitative estimate of drug-likeness (QED) is 0.698. The molecule has 1 aromatic carbocycles. The highest BCUT2D eigenvalue weighted by molar-refractivity contribution is 5.73. The van der Waals surface area contributed by atoms with Crippen LogP contribution in [0.4, 0.5) is 0 Å². The van der Waals surface area contributed by atoms with Crippen molar-refractivity contribution < 1.29 is 19.7 Å². The average molecular weight is 223 g/mol. The summed E-state index contributed by atoms with van der Waals surface area (Å²) in [7, 11) is 0. The van der Waals surface area contributed by atoms with Crippen LogP contribution in [-0.4, -0.2) is 34.9 Å². The van der Waals surface area contributed by atoms with Crippen molar-refractivity contribution in [3.05, 3.63) is 24.3 Å². The summed E-state index contributed by atoms with van der Waals surface area (Å²) in [5.41, 5.74) is 0. The van der Waals surface area contributed by atoms with E-state index in [1.54, 1.807) is 12.1 Å². The number of benzene rings is 1. The summed E-state index contributed by atoms with van der Waals surface area (Å²) in [6.07, 6.45) is 0.321. The van der Waals surface area contributed by atoms with Crippen LogP contribution in [0.1, 0.15) is 6.42 Å². The fraction of sp³-hybridized carbons (Fsp3) is 0.364. The molecule has 1 aromatic rings. The van der Waals surface area contributed by atoms with E-state index in [0.717, 1.165) is 0 Å². The molecule has 2 rings (SSSR count). The van der Waals surface area contributed by atoms with Gasteiger partial charge in [0.15, 0.2) is 0 Å². The Morgan fingerprint density at radius 2 is 2.06 bits per heavy atom. The summed E-state index contributed by atoms with van der Waals surface area (Å²) < 4.78 is 5.57. The van der Waals surface area contributed by atoms with Crippen LogP contribution >= 0.6 is 0 Å². The third-order valence-corrected chi connectivity index (χ3v) is 2.53. The zero-order valence-electron chi connectivity index (χ0n) is 8.59. The second-order valence-corrected chi connectivity index (χ2v) is 3.77. The van der Waals surface area contributed by atoms with Crippen molar-refractivity contribution in [2.45, 2.75) is 18.6 Å². The van der Waals surface area contributed by atoms with E-state index in [9.17, 15) is 4.79 Å². The molecule has 0 saturated carbocycles. The molecule has 0 aliphatic carbocycles. The van der Waals surface area contributed by atoms with Gasteiger partial charge in [-0.2, -0.15) is 0 Å². The maximum atomic E-state index is 10.7. The summed E-state index contributed by atoms with van der Waals surface area (Å²) >= 11 is 0. The highest BCUT2D eigenvalue weighted by Gasteiger charge is 2.30. The van der Waals surface area contributed by atoms with E-state index >= 15 is 0 Å². The molecular formula is C11H13NO4. The lowest BCUT2D eigenvalue weighted by Crippen LogP contribution is -2.30. The third-order valence-electron chi connectivity index (χ3n) is 2.53. The number of aromatic hydroxyl groups is 1. The lowest BCUT2D eigenvalue weighted by atomic mass is 10.2. The molecule has 0 aromatic heterocycles. The van der Waals surface area contributed by atoms with Gasteiger partial charge in [-0.25, -0.2) is 0 Å². The number of hydrogen-bond donors (Lipinski definition) is 3. The first-order valence-corrected chi connectivity index (χ1v) is 5.07. The molecule has 2 atom stereocenters. The second-order valence-electron chi connectivity index (χ2n) is 3.77. The van der Waals surface area contributed by atoms with E-state index in [4.69, 9.17) is 14.9 Å². The Morgan fingerprint density at radius 3 is 2.62 bits per heavy atom. The Labute approximate surface area is 92.7 Å². The molecule has 2 unspecified atom stereocenters. The highest BCUT2D eigenvalue weighted by Crippen LogP contribution is 2.20. The van der Waals surface area contributed by atoms with E-state index in [2.05, 4.69) is 5.32 Å². The van der Waals surface area contributed by atoms with Crippen molar-refractivity contribution in [3.63, 3.8) is 0 Å². The smallest absolute Gasteiger partial charge is 0.320 e. The molecule has 16 heavy (non-hydrogen) atoms. The van der Waals surface area contributed by atoms with Crippen LogP contribution in [0.2, 0.25) is 0 Å². The minimum atomic E-state index is -0.850. The second kappa shape index (κ2) is 4.40. The van der Waals surface area contributed by atoms with Gasteiger partial charge in [0, 0.05) is 13.0 Å². The number of carboxylic acid groups (broad SMARTS) is 1. The number of carbonyl (C=O) groups is 1. The van der Waals surface area contributed by atoms with Crippen molar-refractivity contribution in [2.24, 2.45) is 0 Å². The van der Waals surface area contributed by atoms with Crippen molar-refractivity contribution >= 4 is 5.97 Å². The highest BCUT2D eigenvalue weighted by atomic mass is 16.5. The Bertz CT molecular complexity index is 376. The van der Waals surface area contributed by atoms with E-state index in [0.29, 0.717) is 18.7 Å². The zero-order chi connectivity index (χ0) is 11.5. The number of carboxylic acids is 1. The lowest BCUT2D eigenvalue weighted by molar-refractivity contribution is -0.139. The number of aliphatic carboxylic acids is 1. The topological polar surface area (TPSA) is 78.8 Å². The Hall–Kier alpha value is -1.75. The predicted molar refractivity (Wildman–Crippen MR) is 56.6 cm³/mol. The first kappa shape index (κ1) is 10.8. The number of rotatable bonds is 3. The molecule has 86 valence electrons. The minimum Gasteiger partial charge on any atom is -0.508 e. The summed E-state index contributed by atoms with van der Waals surface area (Å²) in [5, 5.41) is 20.7. The van der Waals surface area contributed by atoms with Gasteiger partial charge in [0.1, 0.15) is 23.6 Å². The Balaban J connectivity index is 1.92. The van der Waals surface area contributed by atoms with Gasteiger partial charge in [0.05, 0.1) is 0 Å². The molecule has 5 heteroatoms. The van der Waals surface area contributed by atoms with Gasteiger partial charge in [-0.3, -0.25) is 4.79 Å². The molecule has 0 radical (unpaired) electrons. The van der Waals surface area contributed by atoms with Gasteiger partial charge in [-0.05, 0) is 24.3 Å². The average Bonchev–Trinajstić information content (AvgIpc) is 2.70. The maximum absolute atomic E-state index is 10.7. The molecular weight excluding hydrogens is 210 g/mol. The molecule has 0 bridgehead atoms.